The number of hydrogen-bond donors (Lipinski definition) is 2. The highest BCUT2D eigenvalue weighted by Crippen LogP contribution is 2.34. The molecule has 0 aliphatic carbocycles. The number of nitrogens with one attached hydrogen (secondary N) is 1. The minimum absolute atomic E-state index is 0.379. The van der Waals surface area contributed by atoms with Crippen molar-refractivity contribution in [1.82, 2.24) is 14.5 Å². The molecule has 9 nitrogen and oxygen atoms in total. The molecule has 214 valence electrons. The summed E-state index contributed by atoms with van der Waals surface area (Å²) in [6, 6.07) is 13.8. The molecular weight excluding hydrogens is 528 g/mol. The van der Waals surface area contributed by atoms with Gasteiger partial charge in [0.1, 0.15) is 24.2 Å². The normalized spacial score (nSPS) is 25.1. The van der Waals surface area contributed by atoms with Crippen LogP contribution >= 0.6 is 0 Å². The molecule has 4 unspecified atom stereocenters. The zero-order valence-electron chi connectivity index (χ0n) is 23.0. The van der Waals surface area contributed by atoms with Gasteiger partial charge in [0.15, 0.2) is 11.5 Å². The fraction of sp³-hybridized carbons (Fsp3) is 0.500. The van der Waals surface area contributed by atoms with Gasteiger partial charge < -0.3 is 29.7 Å². The summed E-state index contributed by atoms with van der Waals surface area (Å²) in [6.45, 7) is 10.1. The fourth-order valence-electron chi connectivity index (χ4n) is 6.35. The first-order valence-electron chi connectivity index (χ1n) is 14.2. The van der Waals surface area contributed by atoms with Gasteiger partial charge in [-0.1, -0.05) is 12.1 Å². The highest BCUT2D eigenvalue weighted by Gasteiger charge is 2.33. The molecule has 7 rings (SSSR count). The van der Waals surface area contributed by atoms with Crippen LogP contribution in [0.3, 0.4) is 0 Å². The van der Waals surface area contributed by atoms with Crippen molar-refractivity contribution in [3.05, 3.63) is 59.2 Å². The summed E-state index contributed by atoms with van der Waals surface area (Å²) in [7, 11) is -1.23. The van der Waals surface area contributed by atoms with Gasteiger partial charge in [-0.2, -0.15) is 0 Å². The number of carbonyl (C=O) groups is 1. The van der Waals surface area contributed by atoms with Crippen molar-refractivity contribution in [2.24, 2.45) is 11.8 Å². The van der Waals surface area contributed by atoms with E-state index in [1.165, 1.54) is 23.3 Å². The van der Waals surface area contributed by atoms with Crippen LogP contribution in [0.1, 0.15) is 25.0 Å². The molecule has 10 heteroatoms. The van der Waals surface area contributed by atoms with Crippen LogP contribution in [-0.4, -0.2) is 90.5 Å². The summed E-state index contributed by atoms with van der Waals surface area (Å²) in [5.74, 6) is 2.93. The minimum atomic E-state index is -1.23. The lowest BCUT2D eigenvalue weighted by Gasteiger charge is -2.43. The molecule has 2 aromatic rings. The van der Waals surface area contributed by atoms with Crippen molar-refractivity contribution in [2.75, 3.05) is 70.5 Å². The lowest BCUT2D eigenvalue weighted by Crippen LogP contribution is -2.51. The Hall–Kier alpha value is -2.92. The van der Waals surface area contributed by atoms with Crippen molar-refractivity contribution in [1.29, 1.82) is 0 Å². The number of ether oxygens (including phenoxy) is 2. The summed E-state index contributed by atoms with van der Waals surface area (Å²) in [4.78, 5) is 15.8. The maximum absolute atomic E-state index is 12.7. The van der Waals surface area contributed by atoms with Crippen LogP contribution in [0, 0.1) is 11.8 Å². The van der Waals surface area contributed by atoms with E-state index in [0.29, 0.717) is 50.9 Å². The van der Waals surface area contributed by atoms with Gasteiger partial charge in [-0.25, -0.2) is 8.51 Å². The maximum Gasteiger partial charge on any atom is 0.210 e. The van der Waals surface area contributed by atoms with Crippen molar-refractivity contribution in [2.45, 2.75) is 24.3 Å². The van der Waals surface area contributed by atoms with Crippen molar-refractivity contribution >= 4 is 23.1 Å². The predicted molar refractivity (Wildman–Crippen MR) is 154 cm³/mol. The van der Waals surface area contributed by atoms with Crippen LogP contribution in [0.5, 0.6) is 11.5 Å². The van der Waals surface area contributed by atoms with Crippen LogP contribution < -0.4 is 19.7 Å². The van der Waals surface area contributed by atoms with E-state index in [-0.39, 0.29) is 6.10 Å². The minimum Gasteiger partial charge on any atom is -0.486 e. The van der Waals surface area contributed by atoms with E-state index in [1.54, 1.807) is 11.0 Å². The summed E-state index contributed by atoms with van der Waals surface area (Å²) >= 11 is 0. The molecule has 1 amide bonds. The fourth-order valence-corrected chi connectivity index (χ4v) is 7.58. The van der Waals surface area contributed by atoms with Gasteiger partial charge in [-0.15, -0.1) is 0 Å². The quantitative estimate of drug-likeness (QED) is 0.424. The van der Waals surface area contributed by atoms with Crippen LogP contribution in [0.15, 0.2) is 58.5 Å². The second kappa shape index (κ2) is 11.9. The number of aliphatic hydroxyl groups excluding tert-OH is 1. The Morgan fingerprint density at radius 3 is 2.35 bits per heavy atom. The summed E-state index contributed by atoms with van der Waals surface area (Å²) in [5, 5.41) is 13.2. The molecule has 2 fully saturated rings. The monoisotopic (exact) mass is 566 g/mol. The first-order chi connectivity index (χ1) is 19.5. The third kappa shape index (κ3) is 5.90. The standard InChI is InChI=1S/C15H16N2O4S.C15H22N2O/c18-10-16-6-11-8-17(9-12(11)7-16)22(19)13-1-2-14-15(5-13)21-4-3-20-14;1-11(18)14-3-2-4-15(6-14)17-9-12-5-13(10-17)8-16-7-12/h1-2,5,10H,3-4,6-9H2;2-4,6,11-13,16,18H,5,7-10H2,1H3. The van der Waals surface area contributed by atoms with Crippen molar-refractivity contribution in [3.63, 3.8) is 0 Å². The lowest BCUT2D eigenvalue weighted by molar-refractivity contribution is -0.117. The van der Waals surface area contributed by atoms with Crippen LogP contribution in [0.4, 0.5) is 5.69 Å². The molecular formula is C30H38N4O5S. The number of carbonyl (C=O) groups excluding carboxylic acids is 1. The Kier molecular flexibility index (Phi) is 8.11. The van der Waals surface area contributed by atoms with E-state index in [9.17, 15) is 14.1 Å². The smallest absolute Gasteiger partial charge is 0.210 e. The molecule has 5 aliphatic heterocycles. The zero-order valence-corrected chi connectivity index (χ0v) is 23.8. The van der Waals surface area contributed by atoms with Crippen LogP contribution in [0.2, 0.25) is 0 Å². The summed E-state index contributed by atoms with van der Waals surface area (Å²) < 4.78 is 25.7. The zero-order chi connectivity index (χ0) is 27.6. The average Bonchev–Trinajstić information content (AvgIpc) is 3.56. The number of anilines is 1. The second-order valence-corrected chi connectivity index (χ2v) is 12.9. The maximum atomic E-state index is 12.7. The molecule has 2 aromatic carbocycles. The Balaban J connectivity index is 0.000000148. The Bertz CT molecular complexity index is 1270. The molecule has 2 N–H and O–H groups in total. The average molecular weight is 567 g/mol. The molecule has 2 saturated heterocycles. The SMILES string of the molecule is CC(O)c1cccc(N2CC3CNCC(C3)C2)c1.O=CN1CC2=C(C1)CN(S(=O)c1ccc3c(c1)OCCO3)C2. The van der Waals surface area contributed by atoms with Gasteiger partial charge in [-0.05, 0) is 79.2 Å². The first-order valence-corrected chi connectivity index (χ1v) is 15.3. The van der Waals surface area contributed by atoms with Gasteiger partial charge in [0.25, 0.3) is 0 Å². The molecule has 0 radical (unpaired) electrons. The molecule has 0 spiro atoms. The van der Waals surface area contributed by atoms with Crippen molar-refractivity contribution < 1.29 is 23.6 Å². The number of amides is 1. The van der Waals surface area contributed by atoms with Gasteiger partial charge in [0, 0.05) is 51.0 Å². The van der Waals surface area contributed by atoms with Gasteiger partial charge >= 0.3 is 0 Å². The number of rotatable bonds is 5. The van der Waals surface area contributed by atoms with E-state index < -0.39 is 11.0 Å². The topological polar surface area (TPSA) is 94.6 Å². The summed E-state index contributed by atoms with van der Waals surface area (Å²) in [5.41, 5.74) is 4.72. The number of hydrogen-bond acceptors (Lipinski definition) is 7. The highest BCUT2D eigenvalue weighted by molar-refractivity contribution is 7.82. The third-order valence-electron chi connectivity index (χ3n) is 8.33. The molecule has 0 saturated carbocycles. The van der Waals surface area contributed by atoms with E-state index in [2.05, 4.69) is 28.4 Å². The van der Waals surface area contributed by atoms with Gasteiger partial charge in [-0.3, -0.25) is 4.79 Å². The van der Waals surface area contributed by atoms with Gasteiger partial charge in [0.05, 0.1) is 11.0 Å². The van der Waals surface area contributed by atoms with E-state index in [0.717, 1.165) is 54.9 Å². The number of fused-ring (bicyclic) bond motifs is 3. The number of aliphatic hydroxyl groups is 1. The van der Waals surface area contributed by atoms with E-state index in [4.69, 9.17) is 9.47 Å². The predicted octanol–water partition coefficient (Wildman–Crippen LogP) is 2.35. The molecule has 40 heavy (non-hydrogen) atoms. The molecule has 0 aromatic heterocycles. The number of piperidine rings is 2. The van der Waals surface area contributed by atoms with E-state index in [1.807, 2.05) is 29.4 Å². The highest BCUT2D eigenvalue weighted by atomic mass is 32.2. The molecule has 2 bridgehead atoms. The largest absolute Gasteiger partial charge is 0.486 e. The van der Waals surface area contributed by atoms with Crippen LogP contribution in [0.25, 0.3) is 0 Å². The van der Waals surface area contributed by atoms with Crippen molar-refractivity contribution in [3.8, 4) is 11.5 Å². The molecule has 4 atom stereocenters. The first kappa shape index (κ1) is 27.3. The van der Waals surface area contributed by atoms with Crippen LogP contribution in [-0.2, 0) is 15.8 Å². The lowest BCUT2D eigenvalue weighted by atomic mass is 9.85. The third-order valence-corrected chi connectivity index (χ3v) is 9.71. The van der Waals surface area contributed by atoms with Gasteiger partial charge in [0.2, 0.25) is 6.41 Å². The summed E-state index contributed by atoms with van der Waals surface area (Å²) in [6.07, 6.45) is 1.87. The second-order valence-electron chi connectivity index (χ2n) is 11.4. The Labute approximate surface area is 238 Å². The Morgan fingerprint density at radius 2 is 1.68 bits per heavy atom. The number of nitrogens with zero attached hydrogens (tertiary/aromatic N) is 3. The Morgan fingerprint density at radius 1 is 0.975 bits per heavy atom. The number of benzene rings is 2. The molecule has 5 aliphatic rings. The van der Waals surface area contributed by atoms with E-state index >= 15 is 0 Å². The molecule has 5 heterocycles.